The van der Waals surface area contributed by atoms with E-state index in [-0.39, 0.29) is 18.4 Å². The summed E-state index contributed by atoms with van der Waals surface area (Å²) in [6.07, 6.45) is 1.88. The highest BCUT2D eigenvalue weighted by Gasteiger charge is 2.22. The Kier molecular flexibility index (Phi) is 5.25. The van der Waals surface area contributed by atoms with Crippen LogP contribution in [0.1, 0.15) is 32.6 Å². The molecule has 1 unspecified atom stereocenters. The van der Waals surface area contributed by atoms with Gasteiger partial charge >= 0.3 is 5.97 Å². The zero-order valence-corrected chi connectivity index (χ0v) is 9.74. The third-order valence-electron chi connectivity index (χ3n) is 2.85. The van der Waals surface area contributed by atoms with Crippen molar-refractivity contribution >= 4 is 11.9 Å². The topological polar surface area (TPSA) is 69.6 Å². The maximum absolute atomic E-state index is 11.8. The third-order valence-corrected chi connectivity index (χ3v) is 2.85. The Morgan fingerprint density at radius 2 is 2.06 bits per heavy atom. The molecule has 1 heterocycles. The fourth-order valence-corrected chi connectivity index (χ4v) is 1.91. The Bertz CT molecular complexity index is 256. The van der Waals surface area contributed by atoms with Gasteiger partial charge < -0.3 is 15.3 Å². The van der Waals surface area contributed by atoms with E-state index in [0.29, 0.717) is 19.3 Å². The van der Waals surface area contributed by atoms with E-state index < -0.39 is 5.97 Å². The fourth-order valence-electron chi connectivity index (χ4n) is 1.91. The summed E-state index contributed by atoms with van der Waals surface area (Å²) in [6, 6.07) is 0.251. The van der Waals surface area contributed by atoms with Crippen molar-refractivity contribution in [2.75, 3.05) is 19.6 Å². The summed E-state index contributed by atoms with van der Waals surface area (Å²) in [5, 5.41) is 11.7. The summed E-state index contributed by atoms with van der Waals surface area (Å²) in [4.78, 5) is 24.0. The SMILES string of the molecule is CC1CNCCN1C(=O)CCCCC(=O)O. The minimum atomic E-state index is -0.789. The van der Waals surface area contributed by atoms with Gasteiger partial charge in [0.2, 0.25) is 5.91 Å². The van der Waals surface area contributed by atoms with Gasteiger partial charge in [-0.1, -0.05) is 0 Å². The summed E-state index contributed by atoms with van der Waals surface area (Å²) in [6.45, 7) is 4.49. The predicted octanol–water partition coefficient (Wildman–Crippen LogP) is 0.452. The number of hydrogen-bond donors (Lipinski definition) is 2. The molecule has 0 aromatic heterocycles. The first-order valence-electron chi connectivity index (χ1n) is 5.83. The van der Waals surface area contributed by atoms with Crippen LogP contribution in [-0.4, -0.2) is 47.6 Å². The van der Waals surface area contributed by atoms with Gasteiger partial charge in [-0.05, 0) is 19.8 Å². The lowest BCUT2D eigenvalue weighted by atomic mass is 10.1. The lowest BCUT2D eigenvalue weighted by Gasteiger charge is -2.34. The normalized spacial score (nSPS) is 20.8. The quantitative estimate of drug-likeness (QED) is 0.670. The largest absolute Gasteiger partial charge is 0.481 e. The first-order valence-corrected chi connectivity index (χ1v) is 5.83. The number of hydrogen-bond acceptors (Lipinski definition) is 3. The summed E-state index contributed by atoms with van der Waals surface area (Å²) in [7, 11) is 0. The molecule has 0 bridgehead atoms. The molecule has 1 atom stereocenters. The van der Waals surface area contributed by atoms with E-state index in [2.05, 4.69) is 5.32 Å². The number of carboxylic acid groups (broad SMARTS) is 1. The van der Waals surface area contributed by atoms with Crippen LogP contribution in [0, 0.1) is 0 Å². The van der Waals surface area contributed by atoms with Crippen LogP contribution in [0.2, 0.25) is 0 Å². The molecule has 1 amide bonds. The van der Waals surface area contributed by atoms with Gasteiger partial charge in [0, 0.05) is 38.5 Å². The molecule has 0 aromatic carbocycles. The number of carbonyl (C=O) groups is 2. The molecular formula is C11H20N2O3. The molecule has 0 aliphatic carbocycles. The first-order chi connectivity index (χ1) is 7.61. The van der Waals surface area contributed by atoms with Crippen molar-refractivity contribution in [2.45, 2.75) is 38.6 Å². The van der Waals surface area contributed by atoms with Gasteiger partial charge in [0.05, 0.1) is 0 Å². The lowest BCUT2D eigenvalue weighted by molar-refractivity contribution is -0.138. The second kappa shape index (κ2) is 6.48. The number of piperazine rings is 1. The number of amides is 1. The Morgan fingerprint density at radius 1 is 1.38 bits per heavy atom. The van der Waals surface area contributed by atoms with Gasteiger partial charge in [0.15, 0.2) is 0 Å². The van der Waals surface area contributed by atoms with Crippen molar-refractivity contribution in [3.63, 3.8) is 0 Å². The molecule has 1 fully saturated rings. The molecule has 0 aromatic rings. The average molecular weight is 228 g/mol. The van der Waals surface area contributed by atoms with Crippen molar-refractivity contribution in [1.29, 1.82) is 0 Å². The minimum absolute atomic E-state index is 0.152. The second-order valence-corrected chi connectivity index (χ2v) is 4.24. The Hall–Kier alpha value is -1.10. The molecule has 1 saturated heterocycles. The maximum atomic E-state index is 11.8. The van der Waals surface area contributed by atoms with E-state index in [4.69, 9.17) is 5.11 Å². The van der Waals surface area contributed by atoms with Gasteiger partial charge in [-0.25, -0.2) is 0 Å². The first kappa shape index (κ1) is 13.0. The monoisotopic (exact) mass is 228 g/mol. The Morgan fingerprint density at radius 3 is 2.69 bits per heavy atom. The van der Waals surface area contributed by atoms with E-state index >= 15 is 0 Å². The van der Waals surface area contributed by atoms with Crippen LogP contribution in [-0.2, 0) is 9.59 Å². The molecule has 0 saturated carbocycles. The maximum Gasteiger partial charge on any atom is 0.303 e. The van der Waals surface area contributed by atoms with Gasteiger partial charge in [-0.2, -0.15) is 0 Å². The minimum Gasteiger partial charge on any atom is -0.481 e. The molecule has 2 N–H and O–H groups in total. The van der Waals surface area contributed by atoms with E-state index in [0.717, 1.165) is 19.6 Å². The number of nitrogens with one attached hydrogen (secondary N) is 1. The van der Waals surface area contributed by atoms with E-state index in [1.54, 1.807) is 0 Å². The molecule has 5 nitrogen and oxygen atoms in total. The Balaban J connectivity index is 2.20. The van der Waals surface area contributed by atoms with Crippen LogP contribution < -0.4 is 5.32 Å². The van der Waals surface area contributed by atoms with Gasteiger partial charge in [0.1, 0.15) is 0 Å². The number of aliphatic carboxylic acids is 1. The molecule has 0 radical (unpaired) electrons. The highest BCUT2D eigenvalue weighted by atomic mass is 16.4. The summed E-state index contributed by atoms with van der Waals surface area (Å²) in [5.41, 5.74) is 0. The van der Waals surface area contributed by atoms with Gasteiger partial charge in [-0.3, -0.25) is 9.59 Å². The molecule has 1 aliphatic rings. The molecule has 92 valence electrons. The lowest BCUT2D eigenvalue weighted by Crippen LogP contribution is -2.52. The van der Waals surface area contributed by atoms with Gasteiger partial charge in [0.25, 0.3) is 0 Å². The Labute approximate surface area is 95.8 Å². The smallest absolute Gasteiger partial charge is 0.303 e. The van der Waals surface area contributed by atoms with Crippen molar-refractivity contribution in [3.8, 4) is 0 Å². The number of carboxylic acids is 1. The summed E-state index contributed by atoms with van der Waals surface area (Å²) in [5.74, 6) is -0.637. The van der Waals surface area contributed by atoms with Crippen molar-refractivity contribution in [1.82, 2.24) is 10.2 Å². The molecule has 16 heavy (non-hydrogen) atoms. The number of rotatable bonds is 5. The highest BCUT2D eigenvalue weighted by Crippen LogP contribution is 2.08. The standard InChI is InChI=1S/C11H20N2O3/c1-9-8-12-6-7-13(9)10(14)4-2-3-5-11(15)16/h9,12H,2-8H2,1H3,(H,15,16). The molecule has 0 spiro atoms. The summed E-state index contributed by atoms with van der Waals surface area (Å²) < 4.78 is 0. The van der Waals surface area contributed by atoms with Crippen LogP contribution in [0.4, 0.5) is 0 Å². The van der Waals surface area contributed by atoms with E-state index in [1.807, 2.05) is 11.8 Å². The zero-order chi connectivity index (χ0) is 12.0. The molecule has 1 aliphatic heterocycles. The van der Waals surface area contributed by atoms with Crippen LogP contribution in [0.15, 0.2) is 0 Å². The third kappa shape index (κ3) is 4.18. The number of nitrogens with zero attached hydrogens (tertiary/aromatic N) is 1. The van der Waals surface area contributed by atoms with Crippen molar-refractivity contribution in [2.24, 2.45) is 0 Å². The van der Waals surface area contributed by atoms with Crippen LogP contribution in [0.25, 0.3) is 0 Å². The number of carbonyl (C=O) groups excluding carboxylic acids is 1. The molecule has 5 heteroatoms. The van der Waals surface area contributed by atoms with Crippen LogP contribution >= 0.6 is 0 Å². The zero-order valence-electron chi connectivity index (χ0n) is 9.74. The van der Waals surface area contributed by atoms with Gasteiger partial charge in [-0.15, -0.1) is 0 Å². The van der Waals surface area contributed by atoms with Crippen LogP contribution in [0.3, 0.4) is 0 Å². The predicted molar refractivity (Wildman–Crippen MR) is 60.1 cm³/mol. The molecular weight excluding hydrogens is 208 g/mol. The average Bonchev–Trinajstić information content (AvgIpc) is 2.24. The van der Waals surface area contributed by atoms with Crippen LogP contribution in [0.5, 0.6) is 0 Å². The van der Waals surface area contributed by atoms with Crippen molar-refractivity contribution in [3.05, 3.63) is 0 Å². The highest BCUT2D eigenvalue weighted by molar-refractivity contribution is 5.76. The molecule has 1 rings (SSSR count). The van der Waals surface area contributed by atoms with E-state index in [1.165, 1.54) is 0 Å². The second-order valence-electron chi connectivity index (χ2n) is 4.24. The fraction of sp³-hybridized carbons (Fsp3) is 0.818. The summed E-state index contributed by atoms with van der Waals surface area (Å²) >= 11 is 0. The van der Waals surface area contributed by atoms with Crippen molar-refractivity contribution < 1.29 is 14.7 Å². The van der Waals surface area contributed by atoms with E-state index in [9.17, 15) is 9.59 Å². The number of unbranched alkanes of at least 4 members (excludes halogenated alkanes) is 1.